The fourth-order valence-electron chi connectivity index (χ4n) is 5.02. The van der Waals surface area contributed by atoms with Gasteiger partial charge < -0.3 is 25.2 Å². The summed E-state index contributed by atoms with van der Waals surface area (Å²) in [6, 6.07) is 6.56. The van der Waals surface area contributed by atoms with Gasteiger partial charge in [-0.3, -0.25) is 9.59 Å². The Balaban J connectivity index is 1.30. The van der Waals surface area contributed by atoms with Crippen molar-refractivity contribution in [3.05, 3.63) is 63.4 Å². The summed E-state index contributed by atoms with van der Waals surface area (Å²) < 4.78 is 5.43. The Labute approximate surface area is 249 Å². The predicted octanol–water partition coefficient (Wildman–Crippen LogP) is 4.72. The predicted molar refractivity (Wildman–Crippen MR) is 159 cm³/mol. The smallest absolute Gasteiger partial charge is 0.255 e. The van der Waals surface area contributed by atoms with Crippen molar-refractivity contribution in [3.8, 4) is 11.3 Å². The van der Waals surface area contributed by atoms with E-state index in [0.717, 1.165) is 29.8 Å². The highest BCUT2D eigenvalue weighted by molar-refractivity contribution is 6.33. The number of amides is 2. The largest absolute Gasteiger partial charge is 0.381 e. The van der Waals surface area contributed by atoms with E-state index < -0.39 is 6.04 Å². The van der Waals surface area contributed by atoms with Gasteiger partial charge in [-0.2, -0.15) is 0 Å². The lowest BCUT2D eigenvalue weighted by Crippen LogP contribution is -2.45. The van der Waals surface area contributed by atoms with Crippen LogP contribution in [0.3, 0.4) is 0 Å². The maximum absolute atomic E-state index is 13.5. The summed E-state index contributed by atoms with van der Waals surface area (Å²) in [4.78, 5) is 43.5. The maximum atomic E-state index is 13.5. The third kappa shape index (κ3) is 6.24. The molecule has 0 bridgehead atoms. The number of halogens is 2. The topological polar surface area (TPSA) is 113 Å². The number of rotatable bonds is 8. The summed E-state index contributed by atoms with van der Waals surface area (Å²) >= 11 is 12.9. The van der Waals surface area contributed by atoms with Gasteiger partial charge >= 0.3 is 0 Å². The van der Waals surface area contributed by atoms with Crippen LogP contribution in [0.1, 0.15) is 54.2 Å². The molecule has 0 saturated carbocycles. The van der Waals surface area contributed by atoms with Gasteiger partial charge in [-0.05, 0) is 49.9 Å². The average Bonchev–Trinajstić information content (AvgIpc) is 3.29. The van der Waals surface area contributed by atoms with Crippen LogP contribution in [-0.4, -0.2) is 71.1 Å². The Hall–Kier alpha value is -3.47. The molecule has 2 aliphatic heterocycles. The van der Waals surface area contributed by atoms with Crippen LogP contribution >= 0.6 is 23.2 Å². The van der Waals surface area contributed by atoms with E-state index in [9.17, 15) is 9.59 Å². The summed E-state index contributed by atoms with van der Waals surface area (Å²) in [5, 5.41) is 7.21. The number of nitrogens with one attached hydrogen (secondary N) is 2. The molecule has 0 aliphatic carbocycles. The molecule has 12 heteroatoms. The van der Waals surface area contributed by atoms with Gasteiger partial charge in [0.15, 0.2) is 0 Å². The molecular weight excluding hydrogens is 565 g/mol. The molecule has 0 spiro atoms. The molecule has 0 unspecified atom stereocenters. The molecule has 1 fully saturated rings. The second kappa shape index (κ2) is 12.2. The monoisotopic (exact) mass is 597 g/mol. The Kier molecular flexibility index (Phi) is 8.63. The van der Waals surface area contributed by atoms with Crippen LogP contribution < -0.4 is 15.5 Å². The van der Waals surface area contributed by atoms with Gasteiger partial charge in [0.2, 0.25) is 11.9 Å². The number of hydrogen-bond donors (Lipinski definition) is 2. The molecule has 2 amide bonds. The Morgan fingerprint density at radius 3 is 2.56 bits per heavy atom. The number of ether oxygens (including phenoxy) is 1. The van der Waals surface area contributed by atoms with Crippen molar-refractivity contribution < 1.29 is 14.3 Å². The number of aromatic nitrogens is 3. The molecule has 5 rings (SSSR count). The van der Waals surface area contributed by atoms with Crippen LogP contribution in [0.2, 0.25) is 10.0 Å². The normalized spacial score (nSPS) is 16.7. The fraction of sp³-hybridized carbons (Fsp3) is 0.414. The first-order chi connectivity index (χ1) is 19.6. The zero-order valence-electron chi connectivity index (χ0n) is 23.4. The van der Waals surface area contributed by atoms with E-state index in [-0.39, 0.29) is 23.9 Å². The molecule has 3 aromatic rings. The molecule has 2 N–H and O–H groups in total. The first-order valence-corrected chi connectivity index (χ1v) is 14.3. The summed E-state index contributed by atoms with van der Waals surface area (Å²) in [7, 11) is 3.77. The molecule has 2 aromatic heterocycles. The van der Waals surface area contributed by atoms with E-state index in [1.807, 2.05) is 44.1 Å². The van der Waals surface area contributed by atoms with Crippen molar-refractivity contribution in [3.63, 3.8) is 0 Å². The van der Waals surface area contributed by atoms with E-state index in [4.69, 9.17) is 27.9 Å². The summed E-state index contributed by atoms with van der Waals surface area (Å²) in [6.07, 6.45) is 4.89. The molecule has 2 atom stereocenters. The lowest BCUT2D eigenvalue weighted by molar-refractivity contribution is -0.125. The van der Waals surface area contributed by atoms with Crippen molar-refractivity contribution in [2.24, 2.45) is 0 Å². The molecule has 216 valence electrons. The SMILES string of the molecule is C[C@H](C(=O)N[C@H](C)c1cc(N(C)C)ncc1Cl)N1Cc2ccc(-c3nc(NC4CCOCC4)ncc3Cl)cc2C1=O. The van der Waals surface area contributed by atoms with Crippen LogP contribution in [-0.2, 0) is 16.1 Å². The first kappa shape index (κ1) is 29.0. The van der Waals surface area contributed by atoms with Crippen LogP contribution in [0, 0.1) is 0 Å². The highest BCUT2D eigenvalue weighted by Crippen LogP contribution is 2.33. The van der Waals surface area contributed by atoms with E-state index in [2.05, 4.69) is 25.6 Å². The third-order valence-electron chi connectivity index (χ3n) is 7.51. The molecule has 2 aliphatic rings. The number of carbonyl (C=O) groups is 2. The molecule has 0 radical (unpaired) electrons. The van der Waals surface area contributed by atoms with Crippen LogP contribution in [0.25, 0.3) is 11.3 Å². The summed E-state index contributed by atoms with van der Waals surface area (Å²) in [5.74, 6) is 0.714. The number of fused-ring (bicyclic) bond motifs is 1. The molecule has 1 saturated heterocycles. The van der Waals surface area contributed by atoms with Gasteiger partial charge in [0.05, 0.1) is 28.0 Å². The summed E-state index contributed by atoms with van der Waals surface area (Å²) in [6.45, 7) is 5.31. The van der Waals surface area contributed by atoms with Crippen molar-refractivity contribution in [1.29, 1.82) is 0 Å². The highest BCUT2D eigenvalue weighted by atomic mass is 35.5. The quantitative estimate of drug-likeness (QED) is 0.383. The Bertz CT molecular complexity index is 1460. The summed E-state index contributed by atoms with van der Waals surface area (Å²) in [5.41, 5.74) is 3.35. The van der Waals surface area contributed by atoms with Crippen LogP contribution in [0.5, 0.6) is 0 Å². The zero-order valence-corrected chi connectivity index (χ0v) is 25.0. The van der Waals surface area contributed by atoms with Crippen molar-refractivity contribution >= 4 is 46.8 Å². The third-order valence-corrected chi connectivity index (χ3v) is 8.11. The van der Waals surface area contributed by atoms with Crippen molar-refractivity contribution in [2.75, 3.05) is 37.5 Å². The molecule has 1 aromatic carbocycles. The van der Waals surface area contributed by atoms with E-state index >= 15 is 0 Å². The number of benzene rings is 1. The number of nitrogens with zero attached hydrogens (tertiary/aromatic N) is 5. The minimum atomic E-state index is -0.701. The number of carbonyl (C=O) groups excluding carboxylic acids is 2. The van der Waals surface area contributed by atoms with E-state index in [1.54, 1.807) is 30.3 Å². The lowest BCUT2D eigenvalue weighted by Gasteiger charge is -2.26. The van der Waals surface area contributed by atoms with Crippen molar-refractivity contribution in [1.82, 2.24) is 25.2 Å². The van der Waals surface area contributed by atoms with E-state index in [1.165, 1.54) is 0 Å². The van der Waals surface area contributed by atoms with Gasteiger partial charge in [-0.15, -0.1) is 0 Å². The second-order valence-electron chi connectivity index (χ2n) is 10.6. The average molecular weight is 599 g/mol. The maximum Gasteiger partial charge on any atom is 0.255 e. The van der Waals surface area contributed by atoms with Gasteiger partial charge in [0, 0.05) is 57.2 Å². The molecule has 41 heavy (non-hydrogen) atoms. The van der Waals surface area contributed by atoms with Crippen LogP contribution in [0.15, 0.2) is 36.7 Å². The first-order valence-electron chi connectivity index (χ1n) is 13.6. The van der Waals surface area contributed by atoms with E-state index in [0.29, 0.717) is 52.6 Å². The van der Waals surface area contributed by atoms with Gasteiger partial charge in [-0.25, -0.2) is 15.0 Å². The number of pyridine rings is 1. The minimum Gasteiger partial charge on any atom is -0.381 e. The number of hydrogen-bond acceptors (Lipinski definition) is 8. The standard InChI is InChI=1S/C29H33Cl2N7O3/c1-16(21-12-25(37(3)4)32-13-23(21)30)34-27(39)17(2)38-15-19-6-5-18(11-22(19)28(38)40)26-24(31)14-33-29(36-26)35-20-7-9-41-10-8-20/h5-6,11-14,16-17,20H,7-10,15H2,1-4H3,(H,34,39)(H,33,35,36)/t16-,17-/m1/s1. The zero-order chi connectivity index (χ0) is 29.3. The Morgan fingerprint density at radius 2 is 1.83 bits per heavy atom. The number of anilines is 2. The highest BCUT2D eigenvalue weighted by Gasteiger charge is 2.35. The van der Waals surface area contributed by atoms with Gasteiger partial charge in [-0.1, -0.05) is 35.3 Å². The lowest BCUT2D eigenvalue weighted by atomic mass is 10.0. The fourth-order valence-corrected chi connectivity index (χ4v) is 5.49. The minimum absolute atomic E-state index is 0.222. The Morgan fingerprint density at radius 1 is 1.10 bits per heavy atom. The molecular formula is C29H33Cl2N7O3. The molecule has 10 nitrogen and oxygen atoms in total. The second-order valence-corrected chi connectivity index (χ2v) is 11.4. The van der Waals surface area contributed by atoms with Crippen molar-refractivity contribution in [2.45, 2.75) is 51.4 Å². The van der Waals surface area contributed by atoms with Gasteiger partial charge in [0.1, 0.15) is 11.9 Å². The molecule has 4 heterocycles. The van der Waals surface area contributed by atoms with Crippen LogP contribution in [0.4, 0.5) is 11.8 Å². The van der Waals surface area contributed by atoms with Gasteiger partial charge in [0.25, 0.3) is 5.91 Å².